The highest BCUT2D eigenvalue weighted by atomic mass is 16.5. The Balaban J connectivity index is 1.83. The Morgan fingerprint density at radius 3 is 2.80 bits per heavy atom. The second-order valence-corrected chi connectivity index (χ2v) is 5.40. The van der Waals surface area contributed by atoms with E-state index in [0.29, 0.717) is 6.04 Å². The first kappa shape index (κ1) is 13.0. The fourth-order valence-electron chi connectivity index (χ4n) is 2.91. The molecule has 0 aliphatic heterocycles. The maximum Gasteiger partial charge on any atom is 0.207 e. The molecule has 3 rings (SSSR count). The summed E-state index contributed by atoms with van der Waals surface area (Å²) in [7, 11) is 1.69. The molecular weight excluding hydrogens is 250 g/mol. The molecule has 20 heavy (non-hydrogen) atoms. The number of hydrogen-bond donors (Lipinski definition) is 1. The number of nitrogens with zero attached hydrogens (tertiary/aromatic N) is 2. The van der Waals surface area contributed by atoms with Gasteiger partial charge in [0.05, 0.1) is 7.11 Å². The number of anilines is 2. The molecule has 106 valence electrons. The Labute approximate surface area is 119 Å². The maximum atomic E-state index is 5.24. The smallest absolute Gasteiger partial charge is 0.207 e. The molecule has 0 saturated heterocycles. The van der Waals surface area contributed by atoms with Gasteiger partial charge in [-0.15, -0.1) is 0 Å². The van der Waals surface area contributed by atoms with Crippen LogP contribution in [0.15, 0.2) is 30.6 Å². The van der Waals surface area contributed by atoms with Crippen LogP contribution >= 0.6 is 0 Å². The SMILES string of the molecule is COc1ccc(Nc2nccn2C2CCCC2)c(C)c1. The van der Waals surface area contributed by atoms with Crippen molar-refractivity contribution in [2.24, 2.45) is 0 Å². The van der Waals surface area contributed by atoms with Crippen LogP contribution in [0.4, 0.5) is 11.6 Å². The molecular formula is C16H21N3O. The Morgan fingerprint density at radius 2 is 2.10 bits per heavy atom. The summed E-state index contributed by atoms with van der Waals surface area (Å²) in [5, 5.41) is 3.45. The molecule has 1 aliphatic carbocycles. The van der Waals surface area contributed by atoms with Crippen molar-refractivity contribution in [2.75, 3.05) is 12.4 Å². The molecule has 0 atom stereocenters. The van der Waals surface area contributed by atoms with E-state index in [0.717, 1.165) is 22.9 Å². The summed E-state index contributed by atoms with van der Waals surface area (Å²) in [6, 6.07) is 6.64. The van der Waals surface area contributed by atoms with Gasteiger partial charge in [-0.05, 0) is 43.5 Å². The van der Waals surface area contributed by atoms with Crippen molar-refractivity contribution in [2.45, 2.75) is 38.6 Å². The van der Waals surface area contributed by atoms with Gasteiger partial charge in [0.1, 0.15) is 5.75 Å². The standard InChI is InChI=1S/C16H21N3O/c1-12-11-14(20-2)7-8-15(12)18-16-17-9-10-19(16)13-5-3-4-6-13/h7-11,13H,3-6H2,1-2H3,(H,17,18). The third-order valence-electron chi connectivity index (χ3n) is 4.07. The van der Waals surface area contributed by atoms with Crippen LogP contribution in [0.25, 0.3) is 0 Å². The van der Waals surface area contributed by atoms with E-state index in [9.17, 15) is 0 Å². The van der Waals surface area contributed by atoms with E-state index in [-0.39, 0.29) is 0 Å². The molecule has 4 nitrogen and oxygen atoms in total. The van der Waals surface area contributed by atoms with Crippen LogP contribution in [-0.4, -0.2) is 16.7 Å². The number of nitrogens with one attached hydrogen (secondary N) is 1. The van der Waals surface area contributed by atoms with E-state index in [1.807, 2.05) is 24.4 Å². The van der Waals surface area contributed by atoms with Crippen molar-refractivity contribution in [3.63, 3.8) is 0 Å². The molecule has 0 amide bonds. The average molecular weight is 271 g/mol. The molecule has 1 aromatic heterocycles. The highest BCUT2D eigenvalue weighted by Crippen LogP contribution is 2.32. The summed E-state index contributed by atoms with van der Waals surface area (Å²) < 4.78 is 7.52. The molecule has 0 unspecified atom stereocenters. The van der Waals surface area contributed by atoms with Crippen LogP contribution < -0.4 is 10.1 Å². The summed E-state index contributed by atoms with van der Waals surface area (Å²) in [5.41, 5.74) is 2.24. The molecule has 1 aromatic carbocycles. The molecule has 1 fully saturated rings. The summed E-state index contributed by atoms with van der Waals surface area (Å²) in [6.07, 6.45) is 9.11. The summed E-state index contributed by atoms with van der Waals surface area (Å²) >= 11 is 0. The predicted molar refractivity (Wildman–Crippen MR) is 80.7 cm³/mol. The van der Waals surface area contributed by atoms with Crippen LogP contribution in [-0.2, 0) is 0 Å². The third kappa shape index (κ3) is 2.50. The lowest BCUT2D eigenvalue weighted by Gasteiger charge is -2.17. The van der Waals surface area contributed by atoms with E-state index < -0.39 is 0 Å². The third-order valence-corrected chi connectivity index (χ3v) is 4.07. The first-order valence-corrected chi connectivity index (χ1v) is 7.22. The van der Waals surface area contributed by atoms with Crippen LogP contribution in [0.3, 0.4) is 0 Å². The lowest BCUT2D eigenvalue weighted by atomic mass is 10.2. The van der Waals surface area contributed by atoms with Crippen LogP contribution in [0.5, 0.6) is 5.75 Å². The summed E-state index contributed by atoms with van der Waals surface area (Å²) in [4.78, 5) is 4.46. The number of benzene rings is 1. The normalized spacial score (nSPS) is 15.5. The highest BCUT2D eigenvalue weighted by Gasteiger charge is 2.19. The van der Waals surface area contributed by atoms with Gasteiger partial charge in [-0.1, -0.05) is 12.8 Å². The van der Waals surface area contributed by atoms with Crippen molar-refractivity contribution in [1.82, 2.24) is 9.55 Å². The van der Waals surface area contributed by atoms with Gasteiger partial charge in [-0.25, -0.2) is 4.98 Å². The van der Waals surface area contributed by atoms with Crippen molar-refractivity contribution in [3.8, 4) is 5.75 Å². The first-order valence-electron chi connectivity index (χ1n) is 7.22. The average Bonchev–Trinajstić information content (AvgIpc) is 3.11. The fraction of sp³-hybridized carbons (Fsp3) is 0.438. The zero-order valence-corrected chi connectivity index (χ0v) is 12.1. The van der Waals surface area contributed by atoms with E-state index in [1.165, 1.54) is 25.7 Å². The Kier molecular flexibility index (Phi) is 3.63. The quantitative estimate of drug-likeness (QED) is 0.911. The van der Waals surface area contributed by atoms with E-state index in [2.05, 4.69) is 28.0 Å². The largest absolute Gasteiger partial charge is 0.497 e. The molecule has 1 aliphatic rings. The number of hydrogen-bond acceptors (Lipinski definition) is 3. The van der Waals surface area contributed by atoms with Crippen molar-refractivity contribution >= 4 is 11.6 Å². The molecule has 2 aromatic rings. The second-order valence-electron chi connectivity index (χ2n) is 5.40. The monoisotopic (exact) mass is 271 g/mol. The van der Waals surface area contributed by atoms with Crippen molar-refractivity contribution in [3.05, 3.63) is 36.2 Å². The number of methoxy groups -OCH3 is 1. The van der Waals surface area contributed by atoms with E-state index >= 15 is 0 Å². The minimum Gasteiger partial charge on any atom is -0.497 e. The Bertz CT molecular complexity index is 585. The predicted octanol–water partition coefficient (Wildman–Crippen LogP) is 4.06. The number of ether oxygens (including phenoxy) is 1. The van der Waals surface area contributed by atoms with Gasteiger partial charge in [0, 0.05) is 24.1 Å². The molecule has 0 radical (unpaired) electrons. The second kappa shape index (κ2) is 5.57. The lowest BCUT2D eigenvalue weighted by molar-refractivity contribution is 0.414. The maximum absolute atomic E-state index is 5.24. The van der Waals surface area contributed by atoms with Gasteiger partial charge >= 0.3 is 0 Å². The number of rotatable bonds is 4. The van der Waals surface area contributed by atoms with Crippen molar-refractivity contribution < 1.29 is 4.74 Å². The highest BCUT2D eigenvalue weighted by molar-refractivity contribution is 5.60. The molecule has 0 bridgehead atoms. The molecule has 0 spiro atoms. The zero-order chi connectivity index (χ0) is 13.9. The topological polar surface area (TPSA) is 39.1 Å². The minimum absolute atomic E-state index is 0.596. The van der Waals surface area contributed by atoms with Gasteiger partial charge in [0.25, 0.3) is 0 Å². The van der Waals surface area contributed by atoms with Crippen LogP contribution in [0.2, 0.25) is 0 Å². The van der Waals surface area contributed by atoms with Gasteiger partial charge < -0.3 is 14.6 Å². The zero-order valence-electron chi connectivity index (χ0n) is 12.1. The van der Waals surface area contributed by atoms with Crippen LogP contribution in [0.1, 0.15) is 37.3 Å². The molecule has 1 saturated carbocycles. The van der Waals surface area contributed by atoms with Gasteiger partial charge in [-0.2, -0.15) is 0 Å². The van der Waals surface area contributed by atoms with Gasteiger partial charge in [0.15, 0.2) is 0 Å². The van der Waals surface area contributed by atoms with E-state index in [4.69, 9.17) is 4.74 Å². The Morgan fingerprint density at radius 1 is 1.30 bits per heavy atom. The molecule has 4 heteroatoms. The van der Waals surface area contributed by atoms with Gasteiger partial charge in [0.2, 0.25) is 5.95 Å². The number of imidazole rings is 1. The first-order chi connectivity index (χ1) is 9.78. The lowest BCUT2D eigenvalue weighted by Crippen LogP contribution is -2.08. The minimum atomic E-state index is 0.596. The summed E-state index contributed by atoms with van der Waals surface area (Å²) in [5.74, 6) is 1.82. The van der Waals surface area contributed by atoms with E-state index in [1.54, 1.807) is 7.11 Å². The Hall–Kier alpha value is -1.97. The van der Waals surface area contributed by atoms with Crippen molar-refractivity contribution in [1.29, 1.82) is 0 Å². The number of aromatic nitrogens is 2. The van der Waals surface area contributed by atoms with Gasteiger partial charge in [-0.3, -0.25) is 0 Å². The van der Waals surface area contributed by atoms with Crippen LogP contribution in [0, 0.1) is 6.92 Å². The number of aryl methyl sites for hydroxylation is 1. The molecule has 1 N–H and O–H groups in total. The fourth-order valence-corrected chi connectivity index (χ4v) is 2.91. The summed E-state index contributed by atoms with van der Waals surface area (Å²) in [6.45, 7) is 2.08. The molecule has 1 heterocycles.